The third-order valence-corrected chi connectivity index (χ3v) is 3.80. The minimum Gasteiger partial charge on any atom is -0.384 e. The molecule has 8 heteroatoms. The molecule has 108 valence electrons. The van der Waals surface area contributed by atoms with Gasteiger partial charge in [-0.05, 0) is 6.92 Å². The van der Waals surface area contributed by atoms with E-state index in [0.717, 1.165) is 24.5 Å². The van der Waals surface area contributed by atoms with Gasteiger partial charge >= 0.3 is 0 Å². The van der Waals surface area contributed by atoms with E-state index in [-0.39, 0.29) is 18.3 Å². The lowest BCUT2D eigenvalue weighted by molar-refractivity contribution is -0.141. The minimum absolute atomic E-state index is 0. The van der Waals surface area contributed by atoms with Crippen LogP contribution in [-0.2, 0) is 11.3 Å². The Hall–Kier alpha value is -0.890. The highest BCUT2D eigenvalue weighted by Gasteiger charge is 2.23. The molecule has 0 aliphatic carbocycles. The molecule has 2 heterocycles. The SMILES string of the molecule is CC(O)C(=O)N1CCN(Cc2cnc(N)s2)CC1.Cl. The highest BCUT2D eigenvalue weighted by molar-refractivity contribution is 7.15. The van der Waals surface area contributed by atoms with Crippen LogP contribution in [0.5, 0.6) is 0 Å². The molecule has 2 rings (SSSR count). The van der Waals surface area contributed by atoms with Crippen molar-refractivity contribution >= 4 is 34.8 Å². The summed E-state index contributed by atoms with van der Waals surface area (Å²) in [6.45, 7) is 5.29. The van der Waals surface area contributed by atoms with Crippen molar-refractivity contribution in [2.24, 2.45) is 0 Å². The van der Waals surface area contributed by atoms with E-state index in [9.17, 15) is 9.90 Å². The van der Waals surface area contributed by atoms with E-state index < -0.39 is 6.10 Å². The molecule has 1 aliphatic rings. The molecule has 1 atom stereocenters. The summed E-state index contributed by atoms with van der Waals surface area (Å²) in [4.78, 5) is 20.7. The summed E-state index contributed by atoms with van der Waals surface area (Å²) in [5.41, 5.74) is 5.59. The first kappa shape index (κ1) is 16.2. The van der Waals surface area contributed by atoms with Crippen molar-refractivity contribution in [3.05, 3.63) is 11.1 Å². The number of halogens is 1. The number of hydrogen-bond acceptors (Lipinski definition) is 6. The van der Waals surface area contributed by atoms with E-state index in [4.69, 9.17) is 5.73 Å². The largest absolute Gasteiger partial charge is 0.384 e. The van der Waals surface area contributed by atoms with Gasteiger partial charge < -0.3 is 15.7 Å². The van der Waals surface area contributed by atoms with Crippen LogP contribution >= 0.6 is 23.7 Å². The Morgan fingerprint density at radius 3 is 2.63 bits per heavy atom. The van der Waals surface area contributed by atoms with E-state index >= 15 is 0 Å². The molecule has 1 unspecified atom stereocenters. The molecule has 0 saturated carbocycles. The van der Waals surface area contributed by atoms with Gasteiger partial charge in [-0.25, -0.2) is 4.98 Å². The minimum atomic E-state index is -0.905. The van der Waals surface area contributed by atoms with Gasteiger partial charge in [0.15, 0.2) is 5.13 Å². The average Bonchev–Trinajstić information content (AvgIpc) is 2.75. The number of hydrogen-bond donors (Lipinski definition) is 2. The van der Waals surface area contributed by atoms with Crippen LogP contribution in [0.15, 0.2) is 6.20 Å². The summed E-state index contributed by atoms with van der Waals surface area (Å²) in [5, 5.41) is 9.84. The molecule has 1 aromatic rings. The molecule has 3 N–H and O–H groups in total. The zero-order chi connectivity index (χ0) is 13.1. The number of amides is 1. The van der Waals surface area contributed by atoms with Crippen molar-refractivity contribution in [2.45, 2.75) is 19.6 Å². The van der Waals surface area contributed by atoms with Crippen molar-refractivity contribution < 1.29 is 9.90 Å². The first-order valence-corrected chi connectivity index (χ1v) is 6.77. The lowest BCUT2D eigenvalue weighted by atomic mass is 10.2. The number of carbonyl (C=O) groups is 1. The third kappa shape index (κ3) is 4.31. The number of aromatic nitrogens is 1. The maximum absolute atomic E-state index is 11.6. The van der Waals surface area contributed by atoms with Gasteiger partial charge in [-0.2, -0.15) is 0 Å². The number of thiazole rings is 1. The normalized spacial score (nSPS) is 17.9. The number of aliphatic hydroxyl groups excluding tert-OH is 1. The molecule has 1 aliphatic heterocycles. The molecule has 0 aromatic carbocycles. The second-order valence-corrected chi connectivity index (χ2v) is 5.59. The van der Waals surface area contributed by atoms with Crippen LogP contribution < -0.4 is 5.73 Å². The summed E-state index contributed by atoms with van der Waals surface area (Å²) < 4.78 is 0. The topological polar surface area (TPSA) is 82.7 Å². The molecule has 0 radical (unpaired) electrons. The van der Waals surface area contributed by atoms with Crippen LogP contribution in [0.2, 0.25) is 0 Å². The Kier molecular flexibility index (Phi) is 5.99. The fourth-order valence-electron chi connectivity index (χ4n) is 2.01. The van der Waals surface area contributed by atoms with Crippen molar-refractivity contribution in [3.8, 4) is 0 Å². The monoisotopic (exact) mass is 306 g/mol. The number of nitrogens with zero attached hydrogens (tertiary/aromatic N) is 3. The number of nitrogen functional groups attached to an aromatic ring is 1. The third-order valence-electron chi connectivity index (χ3n) is 2.99. The van der Waals surface area contributed by atoms with Crippen LogP contribution in [0.4, 0.5) is 5.13 Å². The predicted octanol–water partition coefficient (Wildman–Crippen LogP) is 0.172. The Morgan fingerprint density at radius 2 is 2.16 bits per heavy atom. The fourth-order valence-corrected chi connectivity index (χ4v) is 2.73. The maximum Gasteiger partial charge on any atom is 0.251 e. The van der Waals surface area contributed by atoms with Crippen molar-refractivity contribution in [1.29, 1.82) is 0 Å². The fraction of sp³-hybridized carbons (Fsp3) is 0.636. The van der Waals surface area contributed by atoms with Gasteiger partial charge in [-0.15, -0.1) is 23.7 Å². The number of rotatable bonds is 3. The van der Waals surface area contributed by atoms with E-state index in [1.807, 2.05) is 0 Å². The molecule has 0 bridgehead atoms. The molecular weight excluding hydrogens is 288 g/mol. The number of nitrogens with two attached hydrogens (primary N) is 1. The molecule has 1 fully saturated rings. The van der Waals surface area contributed by atoms with Gasteiger partial charge in [-0.1, -0.05) is 0 Å². The Balaban J connectivity index is 0.00000180. The number of anilines is 1. The molecule has 19 heavy (non-hydrogen) atoms. The van der Waals surface area contributed by atoms with Gasteiger partial charge in [0.2, 0.25) is 0 Å². The van der Waals surface area contributed by atoms with Crippen LogP contribution in [-0.4, -0.2) is 58.1 Å². The van der Waals surface area contributed by atoms with Crippen LogP contribution in [0.3, 0.4) is 0 Å². The quantitative estimate of drug-likeness (QED) is 0.832. The van der Waals surface area contributed by atoms with Crippen molar-refractivity contribution in [3.63, 3.8) is 0 Å². The van der Waals surface area contributed by atoms with E-state index in [1.165, 1.54) is 18.3 Å². The average molecular weight is 307 g/mol. The van der Waals surface area contributed by atoms with E-state index in [2.05, 4.69) is 9.88 Å². The molecule has 6 nitrogen and oxygen atoms in total. The van der Waals surface area contributed by atoms with Crippen LogP contribution in [0, 0.1) is 0 Å². The number of piperazine rings is 1. The van der Waals surface area contributed by atoms with Gasteiger partial charge in [0.05, 0.1) is 0 Å². The Morgan fingerprint density at radius 1 is 1.53 bits per heavy atom. The predicted molar refractivity (Wildman–Crippen MR) is 77.3 cm³/mol. The lowest BCUT2D eigenvalue weighted by Crippen LogP contribution is -2.50. The van der Waals surface area contributed by atoms with Gasteiger partial charge in [0.1, 0.15) is 6.10 Å². The van der Waals surface area contributed by atoms with Gasteiger partial charge in [0, 0.05) is 43.8 Å². The standard InChI is InChI=1S/C11H18N4O2S.ClH/c1-8(16)10(17)15-4-2-14(3-5-15)7-9-6-13-11(12)18-9;/h6,8,16H,2-5,7H2,1H3,(H2,12,13);1H. The summed E-state index contributed by atoms with van der Waals surface area (Å²) in [6, 6.07) is 0. The Labute approximate surface area is 122 Å². The maximum atomic E-state index is 11.6. The highest BCUT2D eigenvalue weighted by Crippen LogP contribution is 2.17. The van der Waals surface area contributed by atoms with Gasteiger partial charge in [-0.3, -0.25) is 9.69 Å². The molecular formula is C11H19ClN4O2S. The lowest BCUT2D eigenvalue weighted by Gasteiger charge is -2.34. The zero-order valence-corrected chi connectivity index (χ0v) is 12.4. The smallest absolute Gasteiger partial charge is 0.251 e. The van der Waals surface area contributed by atoms with Crippen molar-refractivity contribution in [1.82, 2.24) is 14.8 Å². The summed E-state index contributed by atoms with van der Waals surface area (Å²) in [6.07, 6.45) is 0.894. The second-order valence-electron chi connectivity index (χ2n) is 4.44. The molecule has 0 spiro atoms. The van der Waals surface area contributed by atoms with Crippen LogP contribution in [0.25, 0.3) is 0 Å². The van der Waals surface area contributed by atoms with E-state index in [1.54, 1.807) is 11.1 Å². The molecule has 1 aromatic heterocycles. The van der Waals surface area contributed by atoms with Gasteiger partial charge in [0.25, 0.3) is 5.91 Å². The first-order chi connectivity index (χ1) is 8.56. The molecule has 1 saturated heterocycles. The van der Waals surface area contributed by atoms with E-state index in [0.29, 0.717) is 18.2 Å². The highest BCUT2D eigenvalue weighted by atomic mass is 35.5. The first-order valence-electron chi connectivity index (χ1n) is 5.95. The second kappa shape index (κ2) is 7.04. The molecule has 1 amide bonds. The summed E-state index contributed by atoms with van der Waals surface area (Å²) in [7, 11) is 0. The Bertz CT molecular complexity index is 419. The van der Waals surface area contributed by atoms with Crippen LogP contribution in [0.1, 0.15) is 11.8 Å². The number of aliphatic hydroxyl groups is 1. The summed E-state index contributed by atoms with van der Waals surface area (Å²) >= 11 is 1.50. The summed E-state index contributed by atoms with van der Waals surface area (Å²) in [5.74, 6) is -0.184. The van der Waals surface area contributed by atoms with Crippen molar-refractivity contribution in [2.75, 3.05) is 31.9 Å². The number of carbonyl (C=O) groups excluding carboxylic acids is 1. The zero-order valence-electron chi connectivity index (χ0n) is 10.8.